The molecule has 0 aromatic heterocycles. The summed E-state index contributed by atoms with van der Waals surface area (Å²) in [6.07, 6.45) is 2.78. The van der Waals surface area contributed by atoms with Crippen LogP contribution < -0.4 is 0 Å². The third kappa shape index (κ3) is 2.63. The summed E-state index contributed by atoms with van der Waals surface area (Å²) in [4.78, 5) is 11.7. The van der Waals surface area contributed by atoms with Gasteiger partial charge < -0.3 is 4.74 Å². The quantitative estimate of drug-likeness (QED) is 0.799. The number of ether oxygens (including phenoxy) is 1. The van der Waals surface area contributed by atoms with Gasteiger partial charge in [-0.05, 0) is 38.3 Å². The molecule has 0 amide bonds. The molecule has 2 unspecified atom stereocenters. The Morgan fingerprint density at radius 3 is 2.90 bits per heavy atom. The number of Topliss-reactive ketones (excluding diaryl/α,β-unsaturated/α-hetero) is 1. The smallest absolute Gasteiger partial charge is 0.243 e. The van der Waals surface area contributed by atoms with Crippen molar-refractivity contribution >= 4 is 15.8 Å². The van der Waals surface area contributed by atoms with E-state index in [-0.39, 0.29) is 22.8 Å². The van der Waals surface area contributed by atoms with Gasteiger partial charge >= 0.3 is 0 Å². The molecule has 1 aromatic rings. The lowest BCUT2D eigenvalue weighted by Gasteiger charge is -2.36. The average Bonchev–Trinajstić information content (AvgIpc) is 2.95. The number of ketones is 1. The largest absolute Gasteiger partial charge is 0.375 e. The zero-order valence-electron chi connectivity index (χ0n) is 12.0. The number of carbonyl (C=O) groups excluding carboxylic acids is 1. The molecule has 114 valence electrons. The molecule has 1 aliphatic carbocycles. The molecule has 2 atom stereocenters. The van der Waals surface area contributed by atoms with Crippen molar-refractivity contribution < 1.29 is 17.9 Å². The van der Waals surface area contributed by atoms with E-state index in [1.54, 1.807) is 22.5 Å². The lowest BCUT2D eigenvalue weighted by molar-refractivity contribution is -0.0241. The molecule has 0 bridgehead atoms. The first-order valence-corrected chi connectivity index (χ1v) is 8.68. The third-order valence-corrected chi connectivity index (χ3v) is 6.20. The van der Waals surface area contributed by atoms with Gasteiger partial charge in [-0.15, -0.1) is 0 Å². The van der Waals surface area contributed by atoms with Gasteiger partial charge in [0.25, 0.3) is 0 Å². The zero-order chi connectivity index (χ0) is 15.0. The maximum Gasteiger partial charge on any atom is 0.243 e. The molecule has 3 rings (SSSR count). The van der Waals surface area contributed by atoms with E-state index in [4.69, 9.17) is 4.74 Å². The van der Waals surface area contributed by atoms with E-state index < -0.39 is 10.0 Å². The summed E-state index contributed by atoms with van der Waals surface area (Å²) in [6.45, 7) is 2.26. The van der Waals surface area contributed by atoms with Gasteiger partial charge in [0.15, 0.2) is 5.78 Å². The number of sulfonamides is 1. The van der Waals surface area contributed by atoms with E-state index >= 15 is 0 Å². The van der Waals surface area contributed by atoms with Crippen molar-refractivity contribution in [2.75, 3.05) is 13.2 Å². The fourth-order valence-corrected chi connectivity index (χ4v) is 4.91. The van der Waals surface area contributed by atoms with Crippen molar-refractivity contribution in [3.8, 4) is 0 Å². The van der Waals surface area contributed by atoms with Crippen LogP contribution in [-0.2, 0) is 14.8 Å². The Hall–Kier alpha value is -1.24. The topological polar surface area (TPSA) is 63.7 Å². The highest BCUT2D eigenvalue weighted by molar-refractivity contribution is 7.89. The average molecular weight is 309 g/mol. The molecule has 0 radical (unpaired) electrons. The Morgan fingerprint density at radius 1 is 1.33 bits per heavy atom. The SMILES string of the molecule is CC(=O)c1cccc(S(=O)(=O)N2CCOC3CCCC32)c1. The summed E-state index contributed by atoms with van der Waals surface area (Å²) in [6, 6.07) is 6.22. The minimum Gasteiger partial charge on any atom is -0.375 e. The maximum absolute atomic E-state index is 12.9. The number of carbonyl (C=O) groups is 1. The van der Waals surface area contributed by atoms with Gasteiger partial charge in [-0.1, -0.05) is 12.1 Å². The minimum atomic E-state index is -3.57. The number of benzene rings is 1. The Kier molecular flexibility index (Phi) is 3.86. The van der Waals surface area contributed by atoms with Crippen molar-refractivity contribution in [3.05, 3.63) is 29.8 Å². The van der Waals surface area contributed by atoms with Crippen LogP contribution in [0.25, 0.3) is 0 Å². The van der Waals surface area contributed by atoms with Gasteiger partial charge in [0.1, 0.15) is 0 Å². The third-order valence-electron chi connectivity index (χ3n) is 4.28. The van der Waals surface area contributed by atoms with Gasteiger partial charge in [0, 0.05) is 12.1 Å². The van der Waals surface area contributed by atoms with Gasteiger partial charge in [-0.25, -0.2) is 8.42 Å². The molecule has 21 heavy (non-hydrogen) atoms. The fraction of sp³-hybridized carbons (Fsp3) is 0.533. The van der Waals surface area contributed by atoms with E-state index in [9.17, 15) is 13.2 Å². The number of morpholine rings is 1. The molecule has 0 spiro atoms. The van der Waals surface area contributed by atoms with Crippen LogP contribution in [0.2, 0.25) is 0 Å². The lowest BCUT2D eigenvalue weighted by atomic mass is 10.2. The van der Waals surface area contributed by atoms with Crippen LogP contribution in [-0.4, -0.2) is 43.8 Å². The Labute approximate surface area is 124 Å². The summed E-state index contributed by atoms with van der Waals surface area (Å²) in [5.41, 5.74) is 0.423. The van der Waals surface area contributed by atoms with Crippen molar-refractivity contribution in [2.24, 2.45) is 0 Å². The Balaban J connectivity index is 1.96. The fourth-order valence-electron chi connectivity index (χ4n) is 3.20. The molecule has 1 aromatic carbocycles. The number of fused-ring (bicyclic) bond motifs is 1. The molecule has 2 fully saturated rings. The van der Waals surface area contributed by atoms with Crippen molar-refractivity contribution in [1.29, 1.82) is 0 Å². The summed E-state index contributed by atoms with van der Waals surface area (Å²) in [7, 11) is -3.57. The van der Waals surface area contributed by atoms with Crippen LogP contribution in [0.3, 0.4) is 0 Å². The molecule has 1 saturated heterocycles. The number of rotatable bonds is 3. The molecular weight excluding hydrogens is 290 g/mol. The molecule has 5 nitrogen and oxygen atoms in total. The highest BCUT2D eigenvalue weighted by atomic mass is 32.2. The first-order valence-electron chi connectivity index (χ1n) is 7.24. The standard InChI is InChI=1S/C15H19NO4S/c1-11(17)12-4-2-5-13(10-12)21(18,19)16-8-9-20-15-7-3-6-14(15)16/h2,4-5,10,14-15H,3,6-9H2,1H3. The van der Waals surface area contributed by atoms with Crippen LogP contribution in [0.5, 0.6) is 0 Å². The molecule has 2 aliphatic rings. The zero-order valence-corrected chi connectivity index (χ0v) is 12.8. The monoisotopic (exact) mass is 309 g/mol. The molecule has 0 N–H and O–H groups in total. The molecule has 6 heteroatoms. The van der Waals surface area contributed by atoms with Gasteiger partial charge in [0.05, 0.1) is 23.6 Å². The molecule has 1 aliphatic heterocycles. The van der Waals surface area contributed by atoms with Crippen LogP contribution in [0.15, 0.2) is 29.2 Å². The van der Waals surface area contributed by atoms with Gasteiger partial charge in [-0.2, -0.15) is 4.31 Å². The van der Waals surface area contributed by atoms with Gasteiger partial charge in [0.2, 0.25) is 10.0 Å². The second-order valence-electron chi connectivity index (χ2n) is 5.61. The predicted molar refractivity (Wildman–Crippen MR) is 77.7 cm³/mol. The molecule has 1 heterocycles. The number of hydrogen-bond donors (Lipinski definition) is 0. The van der Waals surface area contributed by atoms with E-state index in [2.05, 4.69) is 0 Å². The predicted octanol–water partition coefficient (Wildman–Crippen LogP) is 1.83. The van der Waals surface area contributed by atoms with E-state index in [1.165, 1.54) is 13.0 Å². The van der Waals surface area contributed by atoms with Crippen LogP contribution >= 0.6 is 0 Å². The highest BCUT2D eigenvalue weighted by Crippen LogP contribution is 2.33. The lowest BCUT2D eigenvalue weighted by Crippen LogP contribution is -2.51. The number of nitrogens with zero attached hydrogens (tertiary/aromatic N) is 1. The van der Waals surface area contributed by atoms with Crippen molar-refractivity contribution in [3.63, 3.8) is 0 Å². The second-order valence-corrected chi connectivity index (χ2v) is 7.50. The summed E-state index contributed by atoms with van der Waals surface area (Å²) >= 11 is 0. The summed E-state index contributed by atoms with van der Waals surface area (Å²) < 4.78 is 33.0. The number of hydrogen-bond acceptors (Lipinski definition) is 4. The summed E-state index contributed by atoms with van der Waals surface area (Å²) in [5, 5.41) is 0. The normalized spacial score (nSPS) is 26.5. The van der Waals surface area contributed by atoms with E-state index in [1.807, 2.05) is 0 Å². The van der Waals surface area contributed by atoms with Crippen LogP contribution in [0.4, 0.5) is 0 Å². The van der Waals surface area contributed by atoms with Crippen molar-refractivity contribution in [1.82, 2.24) is 4.31 Å². The Bertz CT molecular complexity index is 655. The van der Waals surface area contributed by atoms with E-state index in [0.29, 0.717) is 18.7 Å². The minimum absolute atomic E-state index is 0.0181. The first-order chi connectivity index (χ1) is 10.00. The van der Waals surface area contributed by atoms with Crippen LogP contribution in [0.1, 0.15) is 36.5 Å². The second kappa shape index (κ2) is 5.51. The first kappa shape index (κ1) is 14.7. The van der Waals surface area contributed by atoms with E-state index in [0.717, 1.165) is 19.3 Å². The Morgan fingerprint density at radius 2 is 2.14 bits per heavy atom. The van der Waals surface area contributed by atoms with Crippen molar-refractivity contribution in [2.45, 2.75) is 43.2 Å². The highest BCUT2D eigenvalue weighted by Gasteiger charge is 2.42. The van der Waals surface area contributed by atoms with Gasteiger partial charge in [-0.3, -0.25) is 4.79 Å². The molecule has 1 saturated carbocycles. The van der Waals surface area contributed by atoms with Crippen LogP contribution in [0, 0.1) is 0 Å². The maximum atomic E-state index is 12.9. The molecular formula is C15H19NO4S. The summed E-state index contributed by atoms with van der Waals surface area (Å²) in [5.74, 6) is -0.132.